The summed E-state index contributed by atoms with van der Waals surface area (Å²) in [6.07, 6.45) is 3.01. The lowest BCUT2D eigenvalue weighted by Gasteiger charge is -2.32. The average Bonchev–Trinajstić information content (AvgIpc) is 2.92. The summed E-state index contributed by atoms with van der Waals surface area (Å²) in [5.74, 6) is 1.44. The lowest BCUT2D eigenvalue weighted by Crippen LogP contribution is -2.40. The first kappa shape index (κ1) is 21.9. The van der Waals surface area contributed by atoms with Gasteiger partial charge in [0, 0.05) is 30.8 Å². The normalized spacial score (nSPS) is 15.1. The molecular formula is C19H29ClN4O2S. The zero-order valence-corrected chi connectivity index (χ0v) is 17.9. The number of nitrogens with one attached hydrogen (secondary N) is 2. The molecule has 0 aliphatic carbocycles. The molecule has 0 aromatic carbocycles. The van der Waals surface area contributed by atoms with Crippen LogP contribution in [0.15, 0.2) is 4.79 Å². The van der Waals surface area contributed by atoms with Crippen LogP contribution in [0.25, 0.3) is 10.2 Å². The maximum atomic E-state index is 12.5. The summed E-state index contributed by atoms with van der Waals surface area (Å²) >= 11 is 1.54. The Bertz CT molecular complexity index is 840. The van der Waals surface area contributed by atoms with Gasteiger partial charge in [-0.05, 0) is 51.3 Å². The van der Waals surface area contributed by atoms with E-state index in [2.05, 4.69) is 22.2 Å². The zero-order valence-electron chi connectivity index (χ0n) is 16.3. The van der Waals surface area contributed by atoms with E-state index in [1.54, 1.807) is 11.3 Å². The number of thiophene rings is 1. The van der Waals surface area contributed by atoms with Crippen LogP contribution in [0, 0.1) is 19.8 Å². The van der Waals surface area contributed by atoms with E-state index < -0.39 is 0 Å². The molecule has 0 spiro atoms. The quantitative estimate of drug-likeness (QED) is 0.764. The van der Waals surface area contributed by atoms with Crippen molar-refractivity contribution in [3.05, 3.63) is 26.6 Å². The molecule has 6 nitrogen and oxygen atoms in total. The van der Waals surface area contributed by atoms with Gasteiger partial charge in [-0.25, -0.2) is 4.98 Å². The number of carbonyl (C=O) groups is 1. The predicted octanol–water partition coefficient (Wildman–Crippen LogP) is 2.80. The standard InChI is InChI=1S/C19H28N4O2S.ClH/c1-4-20-11-14-7-9-23(10-8-14)16(24)6-5-15-21-18(25)17-12(2)13(3)26-19(17)22-15;/h14,20H,4-11H2,1-3H3,(H,21,22,25);1H. The predicted molar refractivity (Wildman–Crippen MR) is 113 cm³/mol. The number of fused-ring (bicyclic) bond motifs is 1. The van der Waals surface area contributed by atoms with Gasteiger partial charge in [0.15, 0.2) is 0 Å². The van der Waals surface area contributed by atoms with E-state index in [1.165, 1.54) is 0 Å². The number of hydrogen-bond donors (Lipinski definition) is 2. The summed E-state index contributed by atoms with van der Waals surface area (Å²) in [4.78, 5) is 36.1. The third kappa shape index (κ3) is 5.09. The number of H-pyrrole nitrogens is 1. The second-order valence-corrected chi connectivity index (χ2v) is 8.31. The molecule has 0 atom stereocenters. The Hall–Kier alpha value is -1.44. The number of likely N-dealkylation sites (tertiary alicyclic amines) is 1. The van der Waals surface area contributed by atoms with Crippen molar-refractivity contribution in [3.63, 3.8) is 0 Å². The number of aryl methyl sites for hydroxylation is 3. The summed E-state index contributed by atoms with van der Waals surface area (Å²) in [6.45, 7) is 9.79. The van der Waals surface area contributed by atoms with Gasteiger partial charge < -0.3 is 15.2 Å². The van der Waals surface area contributed by atoms with Crippen molar-refractivity contribution in [2.75, 3.05) is 26.2 Å². The minimum Gasteiger partial charge on any atom is -0.343 e. The van der Waals surface area contributed by atoms with Crippen molar-refractivity contribution in [1.82, 2.24) is 20.2 Å². The molecule has 0 saturated carbocycles. The van der Waals surface area contributed by atoms with Crippen LogP contribution in [0.4, 0.5) is 0 Å². The largest absolute Gasteiger partial charge is 0.343 e. The second kappa shape index (κ2) is 9.66. The molecule has 1 fully saturated rings. The summed E-state index contributed by atoms with van der Waals surface area (Å²) in [5.41, 5.74) is 0.908. The summed E-state index contributed by atoms with van der Waals surface area (Å²) in [7, 11) is 0. The Morgan fingerprint density at radius 1 is 1.33 bits per heavy atom. The number of rotatable bonds is 6. The van der Waals surface area contributed by atoms with E-state index in [0.29, 0.717) is 30.0 Å². The third-order valence-electron chi connectivity index (χ3n) is 5.31. The van der Waals surface area contributed by atoms with E-state index in [0.717, 1.165) is 54.3 Å². The summed E-state index contributed by atoms with van der Waals surface area (Å²) in [6, 6.07) is 0. The highest BCUT2D eigenvalue weighted by Gasteiger charge is 2.22. The SMILES string of the molecule is CCNCC1CCN(C(=O)CCc2nc3sc(C)c(C)c3c(=O)[nH]2)CC1.Cl. The molecule has 27 heavy (non-hydrogen) atoms. The first-order valence-electron chi connectivity index (χ1n) is 9.47. The van der Waals surface area contributed by atoms with Crippen LogP contribution in [0.5, 0.6) is 0 Å². The molecule has 1 amide bonds. The lowest BCUT2D eigenvalue weighted by atomic mass is 9.96. The highest BCUT2D eigenvalue weighted by molar-refractivity contribution is 7.18. The van der Waals surface area contributed by atoms with E-state index in [-0.39, 0.29) is 23.9 Å². The van der Waals surface area contributed by atoms with Gasteiger partial charge in [0.05, 0.1) is 5.39 Å². The van der Waals surface area contributed by atoms with Crippen molar-refractivity contribution >= 4 is 39.9 Å². The first-order chi connectivity index (χ1) is 12.5. The molecule has 3 heterocycles. The number of halogens is 1. The van der Waals surface area contributed by atoms with Gasteiger partial charge >= 0.3 is 0 Å². The van der Waals surface area contributed by atoms with Crippen LogP contribution in [0.2, 0.25) is 0 Å². The Balaban J connectivity index is 0.00000261. The fourth-order valence-electron chi connectivity index (χ4n) is 3.54. The van der Waals surface area contributed by atoms with Crippen molar-refractivity contribution in [1.29, 1.82) is 0 Å². The lowest BCUT2D eigenvalue weighted by molar-refractivity contribution is -0.132. The Kier molecular flexibility index (Phi) is 7.82. The zero-order chi connectivity index (χ0) is 18.7. The first-order valence-corrected chi connectivity index (χ1v) is 10.3. The second-order valence-electron chi connectivity index (χ2n) is 7.11. The molecule has 0 radical (unpaired) electrons. The molecular weight excluding hydrogens is 384 g/mol. The number of aromatic amines is 1. The number of piperidine rings is 1. The van der Waals surface area contributed by atoms with E-state index in [1.807, 2.05) is 18.7 Å². The molecule has 0 unspecified atom stereocenters. The molecule has 3 rings (SSSR count). The van der Waals surface area contributed by atoms with E-state index in [4.69, 9.17) is 0 Å². The van der Waals surface area contributed by atoms with Gasteiger partial charge in [-0.1, -0.05) is 6.92 Å². The van der Waals surface area contributed by atoms with Crippen LogP contribution in [-0.4, -0.2) is 47.0 Å². The molecule has 1 aliphatic rings. The highest BCUT2D eigenvalue weighted by atomic mass is 35.5. The minimum absolute atomic E-state index is 0. The Morgan fingerprint density at radius 2 is 2.04 bits per heavy atom. The van der Waals surface area contributed by atoms with Crippen molar-refractivity contribution in [2.45, 2.75) is 46.5 Å². The fourth-order valence-corrected chi connectivity index (χ4v) is 4.58. The Morgan fingerprint density at radius 3 is 2.70 bits per heavy atom. The molecule has 1 aliphatic heterocycles. The maximum Gasteiger partial charge on any atom is 0.259 e. The molecule has 150 valence electrons. The van der Waals surface area contributed by atoms with Crippen molar-refractivity contribution in [2.24, 2.45) is 5.92 Å². The molecule has 2 N–H and O–H groups in total. The van der Waals surface area contributed by atoms with Crippen LogP contribution >= 0.6 is 23.7 Å². The van der Waals surface area contributed by atoms with Crippen molar-refractivity contribution in [3.8, 4) is 0 Å². The van der Waals surface area contributed by atoms with Crippen LogP contribution in [-0.2, 0) is 11.2 Å². The van der Waals surface area contributed by atoms with Gasteiger partial charge in [0.2, 0.25) is 5.91 Å². The van der Waals surface area contributed by atoms with Gasteiger partial charge in [-0.3, -0.25) is 9.59 Å². The van der Waals surface area contributed by atoms with Gasteiger partial charge in [0.1, 0.15) is 10.7 Å². The molecule has 2 aromatic rings. The van der Waals surface area contributed by atoms with Gasteiger partial charge in [-0.15, -0.1) is 23.7 Å². The molecule has 0 bridgehead atoms. The smallest absolute Gasteiger partial charge is 0.259 e. The van der Waals surface area contributed by atoms with Gasteiger partial charge in [0.25, 0.3) is 5.56 Å². The number of nitrogens with zero attached hydrogens (tertiary/aromatic N) is 2. The van der Waals surface area contributed by atoms with E-state index in [9.17, 15) is 9.59 Å². The van der Waals surface area contributed by atoms with Crippen LogP contribution in [0.3, 0.4) is 0 Å². The highest BCUT2D eigenvalue weighted by Crippen LogP contribution is 2.25. The van der Waals surface area contributed by atoms with Crippen LogP contribution < -0.4 is 10.9 Å². The number of carbonyl (C=O) groups excluding carboxylic acids is 1. The monoisotopic (exact) mass is 412 g/mol. The van der Waals surface area contributed by atoms with E-state index >= 15 is 0 Å². The van der Waals surface area contributed by atoms with Crippen molar-refractivity contribution < 1.29 is 4.79 Å². The molecule has 2 aromatic heterocycles. The minimum atomic E-state index is -0.0939. The topological polar surface area (TPSA) is 78.1 Å². The average molecular weight is 413 g/mol. The summed E-state index contributed by atoms with van der Waals surface area (Å²) in [5, 5.41) is 4.08. The van der Waals surface area contributed by atoms with Crippen LogP contribution in [0.1, 0.15) is 42.5 Å². The van der Waals surface area contributed by atoms with Gasteiger partial charge in [-0.2, -0.15) is 0 Å². The maximum absolute atomic E-state index is 12.5. The number of hydrogen-bond acceptors (Lipinski definition) is 5. The molecule has 8 heteroatoms. The summed E-state index contributed by atoms with van der Waals surface area (Å²) < 4.78 is 0. The Labute approximate surface area is 170 Å². The third-order valence-corrected chi connectivity index (χ3v) is 6.42. The fraction of sp³-hybridized carbons (Fsp3) is 0.632. The number of amides is 1. The number of aromatic nitrogens is 2. The molecule has 1 saturated heterocycles.